The Morgan fingerprint density at radius 2 is 1.92 bits per heavy atom. The third-order valence-electron chi connectivity index (χ3n) is 5.71. The number of hydrogen-bond donors (Lipinski definition) is 2. The average molecular weight is 545 g/mol. The predicted octanol–water partition coefficient (Wildman–Crippen LogP) is 3.32. The first-order valence-corrected chi connectivity index (χ1v) is 13.8. The minimum atomic E-state index is -3.86. The summed E-state index contributed by atoms with van der Waals surface area (Å²) in [7, 11) is -3.86. The van der Waals surface area contributed by atoms with Crippen molar-refractivity contribution >= 4 is 13.7 Å². The Kier molecular flexibility index (Phi) is 11.1. The van der Waals surface area contributed by atoms with E-state index in [2.05, 4.69) is 20.1 Å². The molecule has 15 heteroatoms. The van der Waals surface area contributed by atoms with E-state index in [1.807, 2.05) is 6.92 Å². The number of aromatic amines is 1. The molecule has 1 aromatic heterocycles. The molecule has 1 saturated heterocycles. The van der Waals surface area contributed by atoms with Crippen molar-refractivity contribution in [2.45, 2.75) is 97.9 Å². The average Bonchev–Trinajstić information content (AvgIpc) is 3.19. The van der Waals surface area contributed by atoms with Gasteiger partial charge in [-0.25, -0.2) is 14.4 Å². The smallest absolute Gasteiger partial charge is 0.406 e. The molecule has 0 amide bonds. The Bertz CT molecular complexity index is 1130. The van der Waals surface area contributed by atoms with Crippen LogP contribution in [0.4, 0.5) is 0 Å². The van der Waals surface area contributed by atoms with E-state index in [-0.39, 0.29) is 18.9 Å². The third kappa shape index (κ3) is 8.53. The molecule has 0 spiro atoms. The lowest BCUT2D eigenvalue weighted by atomic mass is 10.0. The van der Waals surface area contributed by atoms with Gasteiger partial charge in [0.05, 0.1) is 18.2 Å². The van der Waals surface area contributed by atoms with Crippen molar-refractivity contribution in [2.75, 3.05) is 6.61 Å². The molecule has 208 valence electrons. The number of carbonyl (C=O) groups excluding carboxylic acids is 1. The monoisotopic (exact) mass is 544 g/mol. The van der Waals surface area contributed by atoms with Crippen molar-refractivity contribution < 1.29 is 27.9 Å². The van der Waals surface area contributed by atoms with E-state index < -0.39 is 61.6 Å². The molecule has 5 atom stereocenters. The summed E-state index contributed by atoms with van der Waals surface area (Å²) in [6, 6.07) is -1.76. The second-order valence-corrected chi connectivity index (χ2v) is 11.2. The summed E-state index contributed by atoms with van der Waals surface area (Å²) >= 11 is 0. The number of hydrogen-bond acceptors (Lipinski definition) is 9. The summed E-state index contributed by atoms with van der Waals surface area (Å²) in [6.45, 7) is 11.7. The van der Waals surface area contributed by atoms with Crippen LogP contribution in [0, 0.1) is 12.8 Å². The van der Waals surface area contributed by atoms with Gasteiger partial charge in [-0.2, -0.15) is 0 Å². The largest absolute Gasteiger partial charge is 0.462 e. The van der Waals surface area contributed by atoms with Gasteiger partial charge in [0.2, 0.25) is 0 Å². The predicted molar refractivity (Wildman–Crippen MR) is 135 cm³/mol. The highest BCUT2D eigenvalue weighted by molar-refractivity contribution is 7.51. The fourth-order valence-corrected chi connectivity index (χ4v) is 5.72. The van der Waals surface area contributed by atoms with Gasteiger partial charge < -0.3 is 9.47 Å². The van der Waals surface area contributed by atoms with Crippen LogP contribution in [-0.2, 0) is 27.9 Å². The Balaban J connectivity index is 2.20. The van der Waals surface area contributed by atoms with Gasteiger partial charge in [-0.15, -0.1) is 0 Å². The minimum Gasteiger partial charge on any atom is -0.462 e. The summed E-state index contributed by atoms with van der Waals surface area (Å²) in [5.41, 5.74) is 8.10. The molecule has 0 aromatic carbocycles. The Labute approximate surface area is 215 Å². The lowest BCUT2D eigenvalue weighted by molar-refractivity contribution is -0.152. The van der Waals surface area contributed by atoms with Crippen molar-refractivity contribution in [1.29, 1.82) is 0 Å². The standard InChI is InChI=1S/C22H37N6O8P/c1-8-14(6)19(26-37(32,35-12(2)3)36-13(4)5)21(30)33-11-17-16(25-27-23)9-18(34-17)28-10-15(7)20(29)24-22(28)31/h10,12-14,16-19H,8-9,11H2,1-7H3,(H,26,32)(H,24,29,31)/t14-,16-,17+,18+,19-/m0/s1. The van der Waals surface area contributed by atoms with E-state index in [4.69, 9.17) is 24.1 Å². The molecular formula is C22H37N6O8P. The topological polar surface area (TPSA) is 187 Å². The highest BCUT2D eigenvalue weighted by Gasteiger charge is 2.40. The van der Waals surface area contributed by atoms with E-state index in [0.717, 1.165) is 0 Å². The number of H-pyrrole nitrogens is 1. The van der Waals surface area contributed by atoms with Gasteiger partial charge >= 0.3 is 19.4 Å². The summed E-state index contributed by atoms with van der Waals surface area (Å²) in [5.74, 6) is -1.00. The van der Waals surface area contributed by atoms with Gasteiger partial charge in [-0.3, -0.25) is 28.2 Å². The summed E-state index contributed by atoms with van der Waals surface area (Å²) in [6.07, 6.45) is -0.509. The SMILES string of the molecule is CC[C@H](C)[C@H](NP(=O)(OC(C)C)OC(C)C)C(=O)OC[C@H]1O[C@@H](n2cc(C)c(=O)[nH]c2=O)C[C@@H]1N=[N+]=[N-]. The molecule has 1 aliphatic rings. The van der Waals surface area contributed by atoms with Crippen LogP contribution < -0.4 is 16.3 Å². The fourth-order valence-electron chi connectivity index (χ4n) is 3.74. The van der Waals surface area contributed by atoms with Gasteiger partial charge in [0.15, 0.2) is 0 Å². The minimum absolute atomic E-state index is 0.129. The van der Waals surface area contributed by atoms with Gasteiger partial charge in [0.25, 0.3) is 5.56 Å². The third-order valence-corrected chi connectivity index (χ3v) is 7.71. The zero-order valence-electron chi connectivity index (χ0n) is 22.2. The quantitative estimate of drug-likeness (QED) is 0.123. The van der Waals surface area contributed by atoms with Crippen LogP contribution in [0.2, 0.25) is 0 Å². The Hall–Kier alpha value is -2.47. The molecule has 14 nitrogen and oxygen atoms in total. The number of aromatic nitrogens is 2. The number of esters is 1. The highest BCUT2D eigenvalue weighted by Crippen LogP contribution is 2.47. The molecule has 0 bridgehead atoms. The molecule has 2 N–H and O–H groups in total. The highest BCUT2D eigenvalue weighted by atomic mass is 31.2. The number of aryl methyl sites for hydroxylation is 1. The summed E-state index contributed by atoms with van der Waals surface area (Å²) in [5, 5.41) is 6.47. The normalized spacial score (nSPS) is 21.6. The number of nitrogens with zero attached hydrogens (tertiary/aromatic N) is 4. The first-order chi connectivity index (χ1) is 17.3. The van der Waals surface area contributed by atoms with Gasteiger partial charge in [0, 0.05) is 23.1 Å². The van der Waals surface area contributed by atoms with Crippen LogP contribution in [0.1, 0.15) is 66.2 Å². The van der Waals surface area contributed by atoms with E-state index >= 15 is 0 Å². The molecule has 2 rings (SSSR count). The van der Waals surface area contributed by atoms with E-state index in [1.54, 1.807) is 41.5 Å². The van der Waals surface area contributed by atoms with Crippen molar-refractivity contribution in [3.8, 4) is 0 Å². The fraction of sp³-hybridized carbons (Fsp3) is 0.773. The van der Waals surface area contributed by atoms with E-state index in [1.165, 1.54) is 10.8 Å². The first kappa shape index (κ1) is 30.8. The maximum atomic E-state index is 13.3. The maximum Gasteiger partial charge on any atom is 0.406 e. The number of ether oxygens (including phenoxy) is 2. The lowest BCUT2D eigenvalue weighted by Crippen LogP contribution is -2.43. The van der Waals surface area contributed by atoms with Crippen LogP contribution >= 0.6 is 7.75 Å². The molecule has 0 saturated carbocycles. The molecule has 1 aromatic rings. The van der Waals surface area contributed by atoms with Gasteiger partial charge in [0.1, 0.15) is 25.0 Å². The van der Waals surface area contributed by atoms with Crippen molar-refractivity contribution in [3.63, 3.8) is 0 Å². The maximum absolute atomic E-state index is 13.3. The second kappa shape index (κ2) is 13.4. The molecule has 1 fully saturated rings. The molecule has 0 unspecified atom stereocenters. The van der Waals surface area contributed by atoms with Crippen molar-refractivity contribution in [1.82, 2.24) is 14.6 Å². The Morgan fingerprint density at radius 1 is 1.30 bits per heavy atom. The number of nitrogens with one attached hydrogen (secondary N) is 2. The summed E-state index contributed by atoms with van der Waals surface area (Å²) < 4.78 is 37.0. The lowest BCUT2D eigenvalue weighted by Gasteiger charge is -2.29. The number of rotatable bonds is 13. The van der Waals surface area contributed by atoms with Crippen LogP contribution in [0.3, 0.4) is 0 Å². The van der Waals surface area contributed by atoms with Gasteiger partial charge in [-0.1, -0.05) is 25.4 Å². The molecule has 2 heterocycles. The van der Waals surface area contributed by atoms with E-state index in [9.17, 15) is 18.9 Å². The second-order valence-electron chi connectivity index (χ2n) is 9.54. The van der Waals surface area contributed by atoms with Crippen LogP contribution in [0.25, 0.3) is 10.4 Å². The van der Waals surface area contributed by atoms with Crippen LogP contribution in [0.15, 0.2) is 20.9 Å². The van der Waals surface area contributed by atoms with Crippen molar-refractivity contribution in [2.24, 2.45) is 11.0 Å². The molecular weight excluding hydrogens is 507 g/mol. The zero-order valence-corrected chi connectivity index (χ0v) is 23.1. The Morgan fingerprint density at radius 3 is 2.46 bits per heavy atom. The van der Waals surface area contributed by atoms with Crippen LogP contribution in [0.5, 0.6) is 0 Å². The number of azide groups is 1. The van der Waals surface area contributed by atoms with E-state index in [0.29, 0.717) is 12.0 Å². The molecule has 0 radical (unpaired) electrons. The molecule has 1 aliphatic heterocycles. The van der Waals surface area contributed by atoms with Crippen LogP contribution in [-0.4, -0.2) is 52.5 Å². The first-order valence-electron chi connectivity index (χ1n) is 12.2. The molecule has 37 heavy (non-hydrogen) atoms. The number of carbonyl (C=O) groups is 1. The van der Waals surface area contributed by atoms with Gasteiger partial charge in [-0.05, 0) is 46.1 Å². The van der Waals surface area contributed by atoms with Crippen molar-refractivity contribution in [3.05, 3.63) is 43.0 Å². The zero-order chi connectivity index (χ0) is 27.9. The molecule has 0 aliphatic carbocycles. The summed E-state index contributed by atoms with van der Waals surface area (Å²) in [4.78, 5) is 42.1.